The third-order valence-electron chi connectivity index (χ3n) is 5.45. The van der Waals surface area contributed by atoms with Crippen molar-refractivity contribution in [1.29, 1.82) is 0 Å². The van der Waals surface area contributed by atoms with Gasteiger partial charge < -0.3 is 26.2 Å². The quantitative estimate of drug-likeness (QED) is 0.529. The minimum atomic E-state index is -0.303. The van der Waals surface area contributed by atoms with Crippen molar-refractivity contribution < 1.29 is 14.4 Å². The zero-order valence-corrected chi connectivity index (χ0v) is 19.5. The van der Waals surface area contributed by atoms with Crippen LogP contribution in [0.2, 0.25) is 0 Å². The molecule has 1 saturated heterocycles. The number of anilines is 2. The number of urea groups is 2. The fraction of sp³-hybridized carbons (Fsp3) is 0.400. The van der Waals surface area contributed by atoms with Crippen LogP contribution >= 0.6 is 0 Å². The molecule has 8 heteroatoms. The third kappa shape index (κ3) is 7.52. The van der Waals surface area contributed by atoms with E-state index in [1.165, 1.54) is 0 Å². The van der Waals surface area contributed by atoms with Gasteiger partial charge in [0.15, 0.2) is 0 Å². The van der Waals surface area contributed by atoms with Gasteiger partial charge in [-0.15, -0.1) is 0 Å². The molecule has 8 nitrogen and oxygen atoms in total. The molecule has 4 N–H and O–H groups in total. The number of piperidine rings is 1. The highest BCUT2D eigenvalue weighted by Crippen LogP contribution is 2.20. The molecule has 0 spiro atoms. The standard InChI is InChI=1S/C25H33N5O3/c1-17(2)27-25(33)29-22-8-4-7-20(14-22)23(31)30-13-5-6-19(16-30)15-26-24(32)28-21-11-9-18(3)10-12-21/h4,7-12,14,17,19H,5-6,13,15-16H2,1-3H3,(H2,26,28,32)(H2,27,29,33)/t19-/m0/s1. The van der Waals surface area contributed by atoms with Crippen molar-refractivity contribution >= 4 is 29.3 Å². The van der Waals surface area contributed by atoms with Crippen molar-refractivity contribution in [2.24, 2.45) is 5.92 Å². The number of rotatable bonds is 6. The van der Waals surface area contributed by atoms with E-state index < -0.39 is 0 Å². The Morgan fingerprint density at radius 2 is 1.73 bits per heavy atom. The number of carbonyl (C=O) groups excluding carboxylic acids is 3. The molecule has 0 unspecified atom stereocenters. The van der Waals surface area contributed by atoms with Crippen molar-refractivity contribution in [1.82, 2.24) is 15.5 Å². The summed E-state index contributed by atoms with van der Waals surface area (Å²) in [6, 6.07) is 14.1. The van der Waals surface area contributed by atoms with E-state index in [-0.39, 0.29) is 29.9 Å². The van der Waals surface area contributed by atoms with E-state index in [1.807, 2.05) is 49.9 Å². The average Bonchev–Trinajstić information content (AvgIpc) is 2.78. The monoisotopic (exact) mass is 451 g/mol. The normalized spacial score (nSPS) is 15.6. The molecular weight excluding hydrogens is 418 g/mol. The highest BCUT2D eigenvalue weighted by atomic mass is 16.2. The molecule has 3 rings (SSSR count). The summed E-state index contributed by atoms with van der Waals surface area (Å²) >= 11 is 0. The zero-order valence-electron chi connectivity index (χ0n) is 19.5. The minimum Gasteiger partial charge on any atom is -0.338 e. The molecule has 0 aliphatic carbocycles. The Balaban J connectivity index is 1.51. The van der Waals surface area contributed by atoms with E-state index in [1.54, 1.807) is 24.3 Å². The first-order chi connectivity index (χ1) is 15.8. The number of hydrogen-bond acceptors (Lipinski definition) is 3. The highest BCUT2D eigenvalue weighted by Gasteiger charge is 2.25. The summed E-state index contributed by atoms with van der Waals surface area (Å²) in [4.78, 5) is 39.1. The van der Waals surface area contributed by atoms with Gasteiger partial charge in [-0.1, -0.05) is 23.8 Å². The van der Waals surface area contributed by atoms with E-state index in [2.05, 4.69) is 21.3 Å². The predicted molar refractivity (Wildman–Crippen MR) is 131 cm³/mol. The number of aryl methyl sites for hydroxylation is 1. The fourth-order valence-corrected chi connectivity index (χ4v) is 3.81. The second-order valence-electron chi connectivity index (χ2n) is 8.79. The van der Waals surface area contributed by atoms with Gasteiger partial charge >= 0.3 is 12.1 Å². The molecule has 2 aromatic carbocycles. The molecule has 2 aromatic rings. The number of carbonyl (C=O) groups is 3. The zero-order chi connectivity index (χ0) is 23.8. The summed E-state index contributed by atoms with van der Waals surface area (Å²) in [6.45, 7) is 7.51. The van der Waals surface area contributed by atoms with Crippen molar-refractivity contribution in [3.8, 4) is 0 Å². The van der Waals surface area contributed by atoms with Gasteiger partial charge in [-0.3, -0.25) is 4.79 Å². The van der Waals surface area contributed by atoms with E-state index in [0.717, 1.165) is 24.1 Å². The molecule has 1 aliphatic rings. The van der Waals surface area contributed by atoms with Crippen molar-refractivity contribution in [3.63, 3.8) is 0 Å². The molecule has 1 heterocycles. The minimum absolute atomic E-state index is 0.0210. The van der Waals surface area contributed by atoms with E-state index in [0.29, 0.717) is 30.9 Å². The van der Waals surface area contributed by atoms with Crippen LogP contribution in [-0.4, -0.2) is 48.5 Å². The SMILES string of the molecule is Cc1ccc(NC(=O)NC[C@@H]2CCCN(C(=O)c3cccc(NC(=O)NC(C)C)c3)C2)cc1. The predicted octanol–water partition coefficient (Wildman–Crippen LogP) is 4.20. The average molecular weight is 452 g/mol. The second kappa shape index (κ2) is 11.4. The first-order valence-corrected chi connectivity index (χ1v) is 11.4. The van der Waals surface area contributed by atoms with E-state index in [4.69, 9.17) is 0 Å². The first kappa shape index (κ1) is 24.1. The molecule has 1 aliphatic heterocycles. The lowest BCUT2D eigenvalue weighted by molar-refractivity contribution is 0.0675. The Labute approximate surface area is 195 Å². The Hall–Kier alpha value is -3.55. The van der Waals surface area contributed by atoms with Crippen molar-refractivity contribution in [2.75, 3.05) is 30.3 Å². The number of hydrogen-bond donors (Lipinski definition) is 4. The maximum Gasteiger partial charge on any atom is 0.319 e. The largest absolute Gasteiger partial charge is 0.338 e. The van der Waals surface area contributed by atoms with Crippen LogP contribution < -0.4 is 21.3 Å². The lowest BCUT2D eigenvalue weighted by Gasteiger charge is -2.33. The van der Waals surface area contributed by atoms with Crippen LogP contribution in [0.5, 0.6) is 0 Å². The van der Waals surface area contributed by atoms with Gasteiger partial charge in [0, 0.05) is 42.6 Å². The van der Waals surface area contributed by atoms with E-state index in [9.17, 15) is 14.4 Å². The summed E-state index contributed by atoms with van der Waals surface area (Å²) < 4.78 is 0. The molecule has 176 valence electrons. The molecule has 1 fully saturated rings. The Bertz CT molecular complexity index is 974. The maximum absolute atomic E-state index is 13.1. The third-order valence-corrected chi connectivity index (χ3v) is 5.45. The molecule has 0 bridgehead atoms. The van der Waals surface area contributed by atoms with Gasteiger partial charge in [0.1, 0.15) is 0 Å². The Morgan fingerprint density at radius 3 is 2.45 bits per heavy atom. The summed E-state index contributed by atoms with van der Waals surface area (Å²) in [5.74, 6) is 0.112. The van der Waals surface area contributed by atoms with Crippen molar-refractivity contribution in [3.05, 3.63) is 59.7 Å². The summed E-state index contributed by atoms with van der Waals surface area (Å²) in [5.41, 5.74) is 2.98. The molecule has 0 radical (unpaired) electrons. The van der Waals surface area contributed by atoms with Gasteiger partial charge in [0.25, 0.3) is 5.91 Å². The summed E-state index contributed by atoms with van der Waals surface area (Å²) in [7, 11) is 0. The van der Waals surface area contributed by atoms with Gasteiger partial charge in [-0.2, -0.15) is 0 Å². The number of nitrogens with zero attached hydrogens (tertiary/aromatic N) is 1. The van der Waals surface area contributed by atoms with Crippen LogP contribution in [-0.2, 0) is 0 Å². The van der Waals surface area contributed by atoms with Crippen LogP contribution in [0.3, 0.4) is 0 Å². The van der Waals surface area contributed by atoms with Crippen LogP contribution in [0.4, 0.5) is 21.0 Å². The van der Waals surface area contributed by atoms with Crippen LogP contribution in [0.1, 0.15) is 42.6 Å². The number of likely N-dealkylation sites (tertiary alicyclic amines) is 1. The van der Waals surface area contributed by atoms with Crippen LogP contribution in [0.25, 0.3) is 0 Å². The smallest absolute Gasteiger partial charge is 0.319 e. The molecule has 1 atom stereocenters. The summed E-state index contributed by atoms with van der Waals surface area (Å²) in [6.07, 6.45) is 1.83. The van der Waals surface area contributed by atoms with Crippen LogP contribution in [0, 0.1) is 12.8 Å². The lowest BCUT2D eigenvalue weighted by atomic mass is 9.97. The molecule has 0 saturated carbocycles. The van der Waals surface area contributed by atoms with E-state index >= 15 is 0 Å². The highest BCUT2D eigenvalue weighted by molar-refractivity contribution is 5.97. The first-order valence-electron chi connectivity index (χ1n) is 11.4. The molecule has 33 heavy (non-hydrogen) atoms. The second-order valence-corrected chi connectivity index (χ2v) is 8.79. The van der Waals surface area contributed by atoms with Crippen molar-refractivity contribution in [2.45, 2.75) is 39.7 Å². The number of benzene rings is 2. The maximum atomic E-state index is 13.1. The van der Waals surface area contributed by atoms with Gasteiger partial charge in [0.05, 0.1) is 0 Å². The molecular formula is C25H33N5O3. The fourth-order valence-electron chi connectivity index (χ4n) is 3.81. The van der Waals surface area contributed by atoms with Gasteiger partial charge in [-0.05, 0) is 69.9 Å². The topological polar surface area (TPSA) is 103 Å². The Morgan fingerprint density at radius 1 is 1.00 bits per heavy atom. The Kier molecular flexibility index (Phi) is 8.29. The summed E-state index contributed by atoms with van der Waals surface area (Å²) in [5, 5.41) is 11.3. The van der Waals surface area contributed by atoms with Gasteiger partial charge in [-0.25, -0.2) is 9.59 Å². The number of amides is 5. The van der Waals surface area contributed by atoms with Crippen LogP contribution in [0.15, 0.2) is 48.5 Å². The number of nitrogens with one attached hydrogen (secondary N) is 4. The van der Waals surface area contributed by atoms with Gasteiger partial charge in [0.2, 0.25) is 0 Å². The molecule has 5 amide bonds. The molecule has 0 aromatic heterocycles. The lowest BCUT2D eigenvalue weighted by Crippen LogP contribution is -2.44.